The lowest BCUT2D eigenvalue weighted by molar-refractivity contribution is -0.142. The molecule has 2 atom stereocenters. The lowest BCUT2D eigenvalue weighted by Crippen LogP contribution is -2.44. The van der Waals surface area contributed by atoms with Crippen molar-refractivity contribution in [1.82, 2.24) is 5.32 Å². The molecule has 4 nitrogen and oxygen atoms in total. The van der Waals surface area contributed by atoms with Gasteiger partial charge in [0, 0.05) is 5.75 Å². The van der Waals surface area contributed by atoms with Crippen molar-refractivity contribution in [3.63, 3.8) is 0 Å². The molecule has 2 rings (SSSR count). The highest BCUT2D eigenvalue weighted by Crippen LogP contribution is 2.17. The molecule has 0 aromatic heterocycles. The van der Waals surface area contributed by atoms with Gasteiger partial charge in [-0.2, -0.15) is 12.6 Å². The van der Waals surface area contributed by atoms with Gasteiger partial charge in [0.1, 0.15) is 6.04 Å². The Bertz CT molecular complexity index is 532. The highest BCUT2D eigenvalue weighted by Gasteiger charge is 2.24. The standard InChI is InChI=1S/C17H23NO3S/c19-16-14(11-22)10-13-7-4-6-12(9-13)5-2-1-3-8-15(18-16)17(20)21/h4,6-7,9,14-15,22H,1-3,5,8,10-11H2,(H,18,19)(H,20,21)/t14?,15-/m1/s1. The summed E-state index contributed by atoms with van der Waals surface area (Å²) in [5.74, 6) is -1.07. The van der Waals surface area contributed by atoms with Gasteiger partial charge < -0.3 is 10.4 Å². The van der Waals surface area contributed by atoms with Crippen molar-refractivity contribution in [2.24, 2.45) is 5.92 Å². The summed E-state index contributed by atoms with van der Waals surface area (Å²) in [5, 5.41) is 11.9. The highest BCUT2D eigenvalue weighted by atomic mass is 32.1. The second-order valence-electron chi connectivity index (χ2n) is 5.90. The molecule has 1 unspecified atom stereocenters. The number of aliphatic carboxylic acids is 1. The van der Waals surface area contributed by atoms with Crippen molar-refractivity contribution >= 4 is 24.5 Å². The minimum absolute atomic E-state index is 0.216. The maximum atomic E-state index is 12.3. The number of aryl methyl sites for hydroxylation is 1. The summed E-state index contributed by atoms with van der Waals surface area (Å²) >= 11 is 4.26. The second-order valence-corrected chi connectivity index (χ2v) is 6.27. The molecule has 0 aliphatic carbocycles. The van der Waals surface area contributed by atoms with E-state index in [1.165, 1.54) is 5.56 Å². The molecule has 0 saturated carbocycles. The smallest absolute Gasteiger partial charge is 0.326 e. The van der Waals surface area contributed by atoms with Crippen LogP contribution >= 0.6 is 12.6 Å². The van der Waals surface area contributed by atoms with Gasteiger partial charge in [0.15, 0.2) is 0 Å². The summed E-state index contributed by atoms with van der Waals surface area (Å²) in [6.07, 6.45) is 4.90. The van der Waals surface area contributed by atoms with Crippen LogP contribution in [0.25, 0.3) is 0 Å². The first kappa shape index (κ1) is 16.9. The first-order valence-electron chi connectivity index (χ1n) is 7.82. The van der Waals surface area contributed by atoms with E-state index in [0.717, 1.165) is 31.2 Å². The van der Waals surface area contributed by atoms with E-state index >= 15 is 0 Å². The SMILES string of the molecule is O=C1N[C@@H](C(=O)O)CCCCCc2cccc(c2)CC1CS. The number of carboxylic acid groups (broad SMARTS) is 1. The average molecular weight is 321 g/mol. The summed E-state index contributed by atoms with van der Waals surface area (Å²) in [5.41, 5.74) is 2.39. The zero-order chi connectivity index (χ0) is 15.9. The number of fused-ring (bicyclic) bond motifs is 2. The van der Waals surface area contributed by atoms with E-state index in [2.05, 4.69) is 30.1 Å². The Balaban J connectivity index is 2.19. The summed E-state index contributed by atoms with van der Waals surface area (Å²) in [6.45, 7) is 0. The molecule has 120 valence electrons. The molecule has 0 spiro atoms. The predicted molar refractivity (Wildman–Crippen MR) is 89.2 cm³/mol. The highest BCUT2D eigenvalue weighted by molar-refractivity contribution is 7.80. The lowest BCUT2D eigenvalue weighted by atomic mass is 9.97. The molecule has 1 aliphatic heterocycles. The van der Waals surface area contributed by atoms with E-state index in [1.807, 2.05) is 12.1 Å². The number of rotatable bonds is 2. The van der Waals surface area contributed by atoms with Gasteiger partial charge in [0.05, 0.1) is 5.92 Å². The maximum absolute atomic E-state index is 12.3. The molecule has 1 heterocycles. The maximum Gasteiger partial charge on any atom is 0.326 e. The Hall–Kier alpha value is -1.49. The van der Waals surface area contributed by atoms with Crippen molar-refractivity contribution < 1.29 is 14.7 Å². The van der Waals surface area contributed by atoms with E-state index in [9.17, 15) is 14.7 Å². The van der Waals surface area contributed by atoms with Crippen molar-refractivity contribution in [2.45, 2.75) is 44.6 Å². The van der Waals surface area contributed by atoms with Gasteiger partial charge in [-0.05, 0) is 36.8 Å². The van der Waals surface area contributed by atoms with Crippen molar-refractivity contribution in [2.75, 3.05) is 5.75 Å². The van der Waals surface area contributed by atoms with Crippen LogP contribution in [0.3, 0.4) is 0 Å². The van der Waals surface area contributed by atoms with E-state index in [0.29, 0.717) is 18.6 Å². The molecule has 1 aromatic rings. The fraction of sp³-hybridized carbons (Fsp3) is 0.529. The molecule has 5 heteroatoms. The summed E-state index contributed by atoms with van der Waals surface area (Å²) in [4.78, 5) is 23.6. The number of nitrogens with one attached hydrogen (secondary N) is 1. The number of hydrogen-bond acceptors (Lipinski definition) is 3. The molecule has 1 amide bonds. The van der Waals surface area contributed by atoms with E-state index in [4.69, 9.17) is 0 Å². The Morgan fingerprint density at radius 1 is 1.27 bits per heavy atom. The van der Waals surface area contributed by atoms with Crippen molar-refractivity contribution in [1.29, 1.82) is 0 Å². The molecule has 0 radical (unpaired) electrons. The molecular formula is C17H23NO3S. The van der Waals surface area contributed by atoms with Gasteiger partial charge in [-0.15, -0.1) is 0 Å². The minimum atomic E-state index is -0.957. The summed E-state index contributed by atoms with van der Waals surface area (Å²) in [7, 11) is 0. The molecule has 0 saturated heterocycles. The fourth-order valence-corrected chi connectivity index (χ4v) is 3.13. The quantitative estimate of drug-likeness (QED) is 0.733. The molecule has 2 bridgehead atoms. The Kier molecular flexibility index (Phi) is 6.31. The largest absolute Gasteiger partial charge is 0.480 e. The first-order chi connectivity index (χ1) is 10.6. The van der Waals surface area contributed by atoms with Crippen molar-refractivity contribution in [3.8, 4) is 0 Å². The Morgan fingerprint density at radius 3 is 2.77 bits per heavy atom. The monoisotopic (exact) mass is 321 g/mol. The summed E-state index contributed by atoms with van der Waals surface area (Å²) in [6, 6.07) is 7.51. The van der Waals surface area contributed by atoms with Crippen LogP contribution in [-0.4, -0.2) is 28.8 Å². The zero-order valence-corrected chi connectivity index (χ0v) is 13.5. The normalized spacial score (nSPS) is 23.6. The van der Waals surface area contributed by atoms with Crippen LogP contribution < -0.4 is 5.32 Å². The Labute approximate surface area is 136 Å². The van der Waals surface area contributed by atoms with Gasteiger partial charge in [-0.25, -0.2) is 4.79 Å². The topological polar surface area (TPSA) is 66.4 Å². The lowest BCUT2D eigenvalue weighted by Gasteiger charge is -2.19. The third-order valence-electron chi connectivity index (χ3n) is 4.14. The summed E-state index contributed by atoms with van der Waals surface area (Å²) < 4.78 is 0. The van der Waals surface area contributed by atoms with Gasteiger partial charge in [-0.1, -0.05) is 37.1 Å². The molecule has 0 fully saturated rings. The van der Waals surface area contributed by atoms with Gasteiger partial charge in [0.2, 0.25) is 5.91 Å². The van der Waals surface area contributed by atoms with Crippen molar-refractivity contribution in [3.05, 3.63) is 35.4 Å². The van der Waals surface area contributed by atoms with Crippen LogP contribution in [0.15, 0.2) is 24.3 Å². The number of amides is 1. The van der Waals surface area contributed by atoms with Gasteiger partial charge >= 0.3 is 5.97 Å². The number of carbonyl (C=O) groups is 2. The first-order valence-corrected chi connectivity index (χ1v) is 8.45. The number of thiol groups is 1. The molecule has 2 N–H and O–H groups in total. The Morgan fingerprint density at radius 2 is 2.05 bits per heavy atom. The second kappa shape index (κ2) is 8.22. The van der Waals surface area contributed by atoms with Gasteiger partial charge in [0.25, 0.3) is 0 Å². The van der Waals surface area contributed by atoms with Crippen LogP contribution in [0.1, 0.15) is 36.8 Å². The minimum Gasteiger partial charge on any atom is -0.480 e. The predicted octanol–water partition coefficient (Wildman–Crippen LogP) is 2.46. The zero-order valence-electron chi connectivity index (χ0n) is 12.6. The number of carbonyl (C=O) groups excluding carboxylic acids is 1. The molecule has 1 aromatic carbocycles. The molecule has 22 heavy (non-hydrogen) atoms. The average Bonchev–Trinajstić information content (AvgIpc) is 2.51. The fourth-order valence-electron chi connectivity index (χ4n) is 2.84. The van der Waals surface area contributed by atoms with Crippen LogP contribution in [-0.2, 0) is 22.4 Å². The van der Waals surface area contributed by atoms with E-state index in [-0.39, 0.29) is 11.8 Å². The molecule has 1 aliphatic rings. The van der Waals surface area contributed by atoms with Crippen LogP contribution in [0.2, 0.25) is 0 Å². The van der Waals surface area contributed by atoms with Crippen LogP contribution in [0, 0.1) is 5.92 Å². The number of benzene rings is 1. The van der Waals surface area contributed by atoms with Gasteiger partial charge in [-0.3, -0.25) is 4.79 Å². The number of hydrogen-bond donors (Lipinski definition) is 3. The third kappa shape index (κ3) is 4.77. The third-order valence-corrected chi connectivity index (χ3v) is 4.58. The van der Waals surface area contributed by atoms with E-state index < -0.39 is 12.0 Å². The molecular weight excluding hydrogens is 298 g/mol. The number of carboxylic acids is 1. The van der Waals surface area contributed by atoms with Crippen LogP contribution in [0.4, 0.5) is 0 Å². The van der Waals surface area contributed by atoms with E-state index in [1.54, 1.807) is 0 Å². The van der Waals surface area contributed by atoms with Crippen LogP contribution in [0.5, 0.6) is 0 Å².